The molecule has 2 unspecified atom stereocenters. The molecule has 0 saturated heterocycles. The van der Waals surface area contributed by atoms with Crippen molar-refractivity contribution in [3.63, 3.8) is 0 Å². The molecule has 2 aromatic carbocycles. The van der Waals surface area contributed by atoms with E-state index in [0.717, 1.165) is 16.7 Å². The molecule has 2 rings (SSSR count). The summed E-state index contributed by atoms with van der Waals surface area (Å²) in [6.07, 6.45) is 0.143. The van der Waals surface area contributed by atoms with Crippen molar-refractivity contribution < 1.29 is 15.0 Å². The molecule has 2 aromatic rings. The van der Waals surface area contributed by atoms with Gasteiger partial charge in [0.05, 0.1) is 12.7 Å². The van der Waals surface area contributed by atoms with Crippen molar-refractivity contribution in [3.8, 4) is 0 Å². The molecule has 5 heteroatoms. The van der Waals surface area contributed by atoms with E-state index < -0.39 is 6.10 Å². The van der Waals surface area contributed by atoms with Crippen LogP contribution in [0, 0.1) is 0 Å². The first-order valence-electron chi connectivity index (χ1n) is 8.52. The maximum Gasteiger partial charge on any atom is 0.315 e. The Morgan fingerprint density at radius 2 is 1.64 bits per heavy atom. The first kappa shape index (κ1) is 19.0. The van der Waals surface area contributed by atoms with Gasteiger partial charge in [0.15, 0.2) is 0 Å². The number of rotatable bonds is 8. The Morgan fingerprint density at radius 3 is 2.28 bits per heavy atom. The molecule has 0 aliphatic carbocycles. The third kappa shape index (κ3) is 6.21. The Kier molecular flexibility index (Phi) is 7.44. The Bertz CT molecular complexity index is 659. The van der Waals surface area contributed by atoms with Gasteiger partial charge in [0.2, 0.25) is 0 Å². The summed E-state index contributed by atoms with van der Waals surface area (Å²) in [5, 5.41) is 24.7. The van der Waals surface area contributed by atoms with Crippen molar-refractivity contribution >= 4 is 6.03 Å². The predicted molar refractivity (Wildman–Crippen MR) is 98.1 cm³/mol. The van der Waals surface area contributed by atoms with Crippen LogP contribution in [0.2, 0.25) is 0 Å². The van der Waals surface area contributed by atoms with E-state index in [0.29, 0.717) is 19.5 Å². The summed E-state index contributed by atoms with van der Waals surface area (Å²) in [5.74, 6) is 0.0525. The highest BCUT2D eigenvalue weighted by atomic mass is 16.3. The van der Waals surface area contributed by atoms with E-state index in [1.54, 1.807) is 6.92 Å². The van der Waals surface area contributed by atoms with Gasteiger partial charge in [-0.25, -0.2) is 4.79 Å². The lowest BCUT2D eigenvalue weighted by molar-refractivity contribution is 0.173. The predicted octanol–water partition coefficient (Wildman–Crippen LogP) is 2.53. The molecular weight excluding hydrogens is 316 g/mol. The molecule has 0 bridgehead atoms. The highest BCUT2D eigenvalue weighted by molar-refractivity contribution is 5.73. The molecule has 2 atom stereocenters. The van der Waals surface area contributed by atoms with Gasteiger partial charge in [0, 0.05) is 19.0 Å². The molecular formula is C20H26N2O3. The van der Waals surface area contributed by atoms with Crippen LogP contribution in [0.3, 0.4) is 0 Å². The highest BCUT2D eigenvalue weighted by Crippen LogP contribution is 2.20. The fourth-order valence-electron chi connectivity index (χ4n) is 2.81. The molecule has 0 heterocycles. The van der Waals surface area contributed by atoms with Crippen molar-refractivity contribution in [3.05, 3.63) is 71.3 Å². The number of amides is 2. The number of hydrogen-bond donors (Lipinski definition) is 4. The molecule has 0 saturated carbocycles. The largest absolute Gasteiger partial charge is 0.393 e. The second kappa shape index (κ2) is 9.81. The van der Waals surface area contributed by atoms with Crippen molar-refractivity contribution in [1.29, 1.82) is 0 Å². The number of carbonyl (C=O) groups is 1. The second-order valence-corrected chi connectivity index (χ2v) is 6.18. The van der Waals surface area contributed by atoms with Gasteiger partial charge in [-0.1, -0.05) is 54.6 Å². The third-order valence-electron chi connectivity index (χ3n) is 4.13. The lowest BCUT2D eigenvalue weighted by Gasteiger charge is -2.20. The Hall–Kier alpha value is -2.37. The third-order valence-corrected chi connectivity index (χ3v) is 4.13. The van der Waals surface area contributed by atoms with Crippen LogP contribution in [0.25, 0.3) is 0 Å². The number of hydrogen-bond acceptors (Lipinski definition) is 3. The zero-order chi connectivity index (χ0) is 18.1. The molecule has 134 valence electrons. The molecule has 0 aromatic heterocycles. The molecule has 25 heavy (non-hydrogen) atoms. The average Bonchev–Trinajstić information content (AvgIpc) is 2.64. The van der Waals surface area contributed by atoms with Gasteiger partial charge in [-0.2, -0.15) is 0 Å². The van der Waals surface area contributed by atoms with Gasteiger partial charge in [0.25, 0.3) is 0 Å². The molecule has 0 aliphatic rings. The number of aliphatic hydroxyl groups excluding tert-OH is 2. The summed E-state index contributed by atoms with van der Waals surface area (Å²) in [7, 11) is 0. The van der Waals surface area contributed by atoms with Gasteiger partial charge in [-0.3, -0.25) is 0 Å². The number of aliphatic hydroxyl groups is 2. The maximum atomic E-state index is 12.1. The highest BCUT2D eigenvalue weighted by Gasteiger charge is 2.15. The van der Waals surface area contributed by atoms with Crippen molar-refractivity contribution in [2.24, 2.45) is 0 Å². The summed E-state index contributed by atoms with van der Waals surface area (Å²) in [6, 6.07) is 17.1. The van der Waals surface area contributed by atoms with Crippen molar-refractivity contribution in [1.82, 2.24) is 10.6 Å². The Labute approximate surface area is 148 Å². The molecule has 0 aliphatic heterocycles. The molecule has 0 radical (unpaired) electrons. The van der Waals surface area contributed by atoms with Crippen LogP contribution in [0.5, 0.6) is 0 Å². The van der Waals surface area contributed by atoms with Crippen LogP contribution in [-0.4, -0.2) is 28.9 Å². The lowest BCUT2D eigenvalue weighted by atomic mass is 9.93. The monoisotopic (exact) mass is 342 g/mol. The van der Waals surface area contributed by atoms with Crippen LogP contribution < -0.4 is 10.6 Å². The Balaban J connectivity index is 1.88. The van der Waals surface area contributed by atoms with Gasteiger partial charge in [0.1, 0.15) is 0 Å². The number of carbonyl (C=O) groups excluding carboxylic acids is 1. The Morgan fingerprint density at radius 1 is 1.00 bits per heavy atom. The average molecular weight is 342 g/mol. The van der Waals surface area contributed by atoms with Crippen LogP contribution in [-0.2, 0) is 13.2 Å². The summed E-state index contributed by atoms with van der Waals surface area (Å²) in [5.41, 5.74) is 2.79. The van der Waals surface area contributed by atoms with Crippen LogP contribution in [0.1, 0.15) is 36.0 Å². The van der Waals surface area contributed by atoms with E-state index in [9.17, 15) is 15.0 Å². The zero-order valence-electron chi connectivity index (χ0n) is 14.5. The van der Waals surface area contributed by atoms with Crippen LogP contribution in [0.4, 0.5) is 4.79 Å². The normalized spacial score (nSPS) is 13.1. The van der Waals surface area contributed by atoms with Gasteiger partial charge < -0.3 is 20.8 Å². The molecule has 0 fully saturated rings. The van der Waals surface area contributed by atoms with Gasteiger partial charge in [-0.05, 0) is 30.0 Å². The van der Waals surface area contributed by atoms with E-state index >= 15 is 0 Å². The molecule has 0 spiro atoms. The SMILES string of the molecule is CC(O)CC(CNC(=O)NCc1ccccc1CO)c1ccccc1. The number of urea groups is 1. The summed E-state index contributed by atoms with van der Waals surface area (Å²) >= 11 is 0. The second-order valence-electron chi connectivity index (χ2n) is 6.18. The zero-order valence-corrected chi connectivity index (χ0v) is 14.5. The number of nitrogens with one attached hydrogen (secondary N) is 2. The molecule has 2 amide bonds. The topological polar surface area (TPSA) is 81.6 Å². The lowest BCUT2D eigenvalue weighted by Crippen LogP contribution is -2.38. The van der Waals surface area contributed by atoms with Gasteiger partial charge in [-0.15, -0.1) is 0 Å². The van der Waals surface area contributed by atoms with E-state index in [4.69, 9.17) is 0 Å². The molecule has 5 nitrogen and oxygen atoms in total. The minimum atomic E-state index is -0.438. The van der Waals surface area contributed by atoms with Crippen molar-refractivity contribution in [2.45, 2.75) is 38.5 Å². The summed E-state index contributed by atoms with van der Waals surface area (Å²) < 4.78 is 0. The maximum absolute atomic E-state index is 12.1. The minimum Gasteiger partial charge on any atom is -0.393 e. The fraction of sp³-hybridized carbons (Fsp3) is 0.350. The smallest absolute Gasteiger partial charge is 0.315 e. The summed E-state index contributed by atoms with van der Waals surface area (Å²) in [4.78, 5) is 12.1. The minimum absolute atomic E-state index is 0.0516. The first-order chi connectivity index (χ1) is 12.1. The van der Waals surface area contributed by atoms with Crippen molar-refractivity contribution in [2.75, 3.05) is 6.54 Å². The summed E-state index contributed by atoms with van der Waals surface area (Å²) in [6.45, 7) is 2.50. The van der Waals surface area contributed by atoms with Gasteiger partial charge >= 0.3 is 6.03 Å². The van der Waals surface area contributed by atoms with E-state index in [1.165, 1.54) is 0 Å². The number of benzene rings is 2. The van der Waals surface area contributed by atoms with E-state index in [2.05, 4.69) is 10.6 Å². The standard InChI is InChI=1S/C20H26N2O3/c1-15(24)11-19(16-7-3-2-4-8-16)13-22-20(25)21-12-17-9-5-6-10-18(17)14-23/h2-10,15,19,23-24H,11-14H2,1H3,(H2,21,22,25). The van der Waals surface area contributed by atoms with E-state index in [-0.39, 0.29) is 18.6 Å². The first-order valence-corrected chi connectivity index (χ1v) is 8.52. The molecule has 4 N–H and O–H groups in total. The quantitative estimate of drug-likeness (QED) is 0.595. The fourth-order valence-corrected chi connectivity index (χ4v) is 2.81. The van der Waals surface area contributed by atoms with E-state index in [1.807, 2.05) is 54.6 Å². The van der Waals surface area contributed by atoms with Crippen LogP contribution >= 0.6 is 0 Å². The van der Waals surface area contributed by atoms with Crippen LogP contribution in [0.15, 0.2) is 54.6 Å².